The van der Waals surface area contributed by atoms with Crippen molar-refractivity contribution >= 4 is 23.2 Å². The molecule has 0 aliphatic heterocycles. The summed E-state index contributed by atoms with van der Waals surface area (Å²) in [5.41, 5.74) is 2.15. The average Bonchev–Trinajstić information content (AvgIpc) is 2.41. The lowest BCUT2D eigenvalue weighted by molar-refractivity contribution is 0.573. The van der Waals surface area contributed by atoms with Gasteiger partial charge in [-0.15, -0.1) is 0 Å². The van der Waals surface area contributed by atoms with Crippen molar-refractivity contribution in [3.63, 3.8) is 0 Å². The molecule has 18 heavy (non-hydrogen) atoms. The first-order chi connectivity index (χ1) is 8.68. The fourth-order valence-corrected chi connectivity index (χ4v) is 2.08. The second-order valence-electron chi connectivity index (χ2n) is 4.10. The second-order valence-corrected chi connectivity index (χ2v) is 4.89. The highest BCUT2D eigenvalue weighted by atomic mass is 35.5. The third kappa shape index (κ3) is 3.22. The summed E-state index contributed by atoms with van der Waals surface area (Å²) in [4.78, 5) is 4.11. The molecule has 0 radical (unpaired) electrons. The number of nitrogens with zero attached hydrogens (tertiary/aromatic N) is 1. The molecule has 0 fully saturated rings. The van der Waals surface area contributed by atoms with Crippen molar-refractivity contribution in [3.8, 4) is 0 Å². The van der Waals surface area contributed by atoms with Gasteiger partial charge in [-0.25, -0.2) is 0 Å². The van der Waals surface area contributed by atoms with Gasteiger partial charge in [0.05, 0.1) is 10.0 Å². The number of halogens is 2. The van der Waals surface area contributed by atoms with E-state index < -0.39 is 0 Å². The molecule has 1 atom stereocenters. The third-order valence-corrected chi connectivity index (χ3v) is 3.67. The largest absolute Gasteiger partial charge is 0.306 e. The van der Waals surface area contributed by atoms with Gasteiger partial charge in [0.1, 0.15) is 0 Å². The van der Waals surface area contributed by atoms with E-state index in [-0.39, 0.29) is 6.04 Å². The van der Waals surface area contributed by atoms with E-state index >= 15 is 0 Å². The molecule has 1 N–H and O–H groups in total. The Morgan fingerprint density at radius 2 is 2.06 bits per heavy atom. The van der Waals surface area contributed by atoms with Crippen molar-refractivity contribution in [2.45, 2.75) is 19.5 Å². The summed E-state index contributed by atoms with van der Waals surface area (Å²) in [5, 5.41) is 4.60. The highest BCUT2D eigenvalue weighted by molar-refractivity contribution is 6.42. The Morgan fingerprint density at radius 3 is 2.78 bits per heavy atom. The lowest BCUT2D eigenvalue weighted by Gasteiger charge is -2.14. The van der Waals surface area contributed by atoms with Crippen LogP contribution < -0.4 is 5.32 Å². The number of nitrogens with one attached hydrogen (secondary N) is 1. The molecule has 0 aliphatic rings. The van der Waals surface area contributed by atoms with E-state index in [2.05, 4.69) is 17.2 Å². The van der Waals surface area contributed by atoms with Crippen molar-refractivity contribution in [1.82, 2.24) is 10.3 Å². The first-order valence-electron chi connectivity index (χ1n) is 5.74. The second kappa shape index (κ2) is 6.19. The average molecular weight is 281 g/mol. The minimum Gasteiger partial charge on any atom is -0.306 e. The maximum Gasteiger partial charge on any atom is 0.0637 e. The molecule has 2 nitrogen and oxygen atoms in total. The van der Waals surface area contributed by atoms with E-state index in [1.807, 2.05) is 30.5 Å². The fraction of sp³-hybridized carbons (Fsp3) is 0.214. The molecule has 0 aliphatic carbocycles. The maximum absolute atomic E-state index is 6.14. The molecule has 2 rings (SSSR count). The Morgan fingerprint density at radius 1 is 1.22 bits per heavy atom. The molecular weight excluding hydrogens is 267 g/mol. The maximum atomic E-state index is 6.14. The Labute approximate surface area is 117 Å². The summed E-state index contributed by atoms with van der Waals surface area (Å²) in [6.45, 7) is 2.77. The minimum absolute atomic E-state index is 0.216. The van der Waals surface area contributed by atoms with E-state index in [0.29, 0.717) is 16.6 Å². The van der Waals surface area contributed by atoms with Gasteiger partial charge >= 0.3 is 0 Å². The molecule has 0 amide bonds. The number of pyridine rings is 1. The summed E-state index contributed by atoms with van der Waals surface area (Å²) in [6.07, 6.45) is 3.63. The van der Waals surface area contributed by atoms with Gasteiger partial charge in [0.15, 0.2) is 0 Å². The predicted molar refractivity (Wildman–Crippen MR) is 76.0 cm³/mol. The normalized spacial score (nSPS) is 12.4. The van der Waals surface area contributed by atoms with Crippen LogP contribution >= 0.6 is 23.2 Å². The van der Waals surface area contributed by atoms with Crippen LogP contribution in [0.15, 0.2) is 42.7 Å². The van der Waals surface area contributed by atoms with Gasteiger partial charge in [-0.1, -0.05) is 41.4 Å². The van der Waals surface area contributed by atoms with Crippen molar-refractivity contribution < 1.29 is 0 Å². The van der Waals surface area contributed by atoms with Crippen LogP contribution in [-0.4, -0.2) is 4.98 Å². The Hall–Kier alpha value is -1.09. The lowest BCUT2D eigenvalue weighted by Crippen LogP contribution is -2.18. The quantitative estimate of drug-likeness (QED) is 0.906. The number of aromatic nitrogens is 1. The summed E-state index contributed by atoms with van der Waals surface area (Å²) in [7, 11) is 0. The third-order valence-electron chi connectivity index (χ3n) is 2.81. The summed E-state index contributed by atoms with van der Waals surface area (Å²) >= 11 is 12.1. The Bertz CT molecular complexity index is 514. The van der Waals surface area contributed by atoms with Crippen LogP contribution in [0, 0.1) is 0 Å². The zero-order valence-electron chi connectivity index (χ0n) is 10.0. The predicted octanol–water partition coefficient (Wildman–Crippen LogP) is 4.24. The number of benzene rings is 1. The van der Waals surface area contributed by atoms with Crippen LogP contribution in [-0.2, 0) is 6.54 Å². The molecule has 2 aromatic rings. The highest BCUT2D eigenvalue weighted by Crippen LogP contribution is 2.25. The molecule has 1 heterocycles. The standard InChI is InChI=1S/C14H14Cl2N2/c1-10(11-5-3-7-17-8-11)18-9-12-4-2-6-13(15)14(12)16/h2-8,10,18H,9H2,1H3/t10-/m0/s1. The number of hydrogen-bond donors (Lipinski definition) is 1. The van der Waals surface area contributed by atoms with Gasteiger partial charge in [0.2, 0.25) is 0 Å². The molecule has 0 saturated heterocycles. The molecule has 1 aromatic carbocycles. The topological polar surface area (TPSA) is 24.9 Å². The van der Waals surface area contributed by atoms with Gasteiger partial charge < -0.3 is 5.32 Å². The van der Waals surface area contributed by atoms with E-state index in [1.165, 1.54) is 0 Å². The molecular formula is C14H14Cl2N2. The van der Waals surface area contributed by atoms with Crippen molar-refractivity contribution in [3.05, 3.63) is 63.9 Å². The van der Waals surface area contributed by atoms with Gasteiger partial charge in [-0.3, -0.25) is 4.98 Å². The highest BCUT2D eigenvalue weighted by Gasteiger charge is 2.07. The van der Waals surface area contributed by atoms with E-state index in [4.69, 9.17) is 23.2 Å². The van der Waals surface area contributed by atoms with E-state index in [0.717, 1.165) is 11.1 Å². The minimum atomic E-state index is 0.216. The van der Waals surface area contributed by atoms with Crippen LogP contribution in [0.4, 0.5) is 0 Å². The molecule has 0 spiro atoms. The number of hydrogen-bond acceptors (Lipinski definition) is 2. The van der Waals surface area contributed by atoms with Crippen molar-refractivity contribution in [2.75, 3.05) is 0 Å². The first kappa shape index (κ1) is 13.3. The van der Waals surface area contributed by atoms with Crippen molar-refractivity contribution in [1.29, 1.82) is 0 Å². The van der Waals surface area contributed by atoms with Crippen LogP contribution in [0.5, 0.6) is 0 Å². The van der Waals surface area contributed by atoms with Gasteiger partial charge in [0.25, 0.3) is 0 Å². The summed E-state index contributed by atoms with van der Waals surface area (Å²) < 4.78 is 0. The van der Waals surface area contributed by atoms with Gasteiger partial charge in [-0.05, 0) is 30.2 Å². The lowest BCUT2D eigenvalue weighted by atomic mass is 10.1. The van der Waals surface area contributed by atoms with Gasteiger partial charge in [0, 0.05) is 25.0 Å². The van der Waals surface area contributed by atoms with E-state index in [1.54, 1.807) is 12.3 Å². The molecule has 0 saturated carbocycles. The zero-order chi connectivity index (χ0) is 13.0. The molecule has 94 valence electrons. The first-order valence-corrected chi connectivity index (χ1v) is 6.50. The van der Waals surface area contributed by atoms with Crippen LogP contribution in [0.1, 0.15) is 24.1 Å². The van der Waals surface area contributed by atoms with E-state index in [9.17, 15) is 0 Å². The monoisotopic (exact) mass is 280 g/mol. The molecule has 4 heteroatoms. The summed E-state index contributed by atoms with van der Waals surface area (Å²) in [6, 6.07) is 9.85. The van der Waals surface area contributed by atoms with Gasteiger partial charge in [-0.2, -0.15) is 0 Å². The molecule has 1 aromatic heterocycles. The molecule has 0 bridgehead atoms. The molecule has 0 unspecified atom stereocenters. The number of rotatable bonds is 4. The van der Waals surface area contributed by atoms with Crippen LogP contribution in [0.2, 0.25) is 10.0 Å². The van der Waals surface area contributed by atoms with Crippen molar-refractivity contribution in [2.24, 2.45) is 0 Å². The smallest absolute Gasteiger partial charge is 0.0637 e. The van der Waals surface area contributed by atoms with Crippen LogP contribution in [0.3, 0.4) is 0 Å². The zero-order valence-corrected chi connectivity index (χ0v) is 11.5. The SMILES string of the molecule is C[C@H](NCc1cccc(Cl)c1Cl)c1cccnc1. The Balaban J connectivity index is 2.02. The fourth-order valence-electron chi connectivity index (χ4n) is 1.70. The summed E-state index contributed by atoms with van der Waals surface area (Å²) in [5.74, 6) is 0. The Kier molecular flexibility index (Phi) is 4.59. The van der Waals surface area contributed by atoms with Crippen LogP contribution in [0.25, 0.3) is 0 Å².